The van der Waals surface area contributed by atoms with E-state index in [0.29, 0.717) is 10.7 Å². The van der Waals surface area contributed by atoms with E-state index in [1.54, 1.807) is 12.1 Å². The molecule has 1 atom stereocenters. The third-order valence-corrected chi connectivity index (χ3v) is 4.09. The second kappa shape index (κ2) is 6.71. The van der Waals surface area contributed by atoms with Crippen molar-refractivity contribution in [3.8, 4) is 0 Å². The van der Waals surface area contributed by atoms with Crippen molar-refractivity contribution in [2.24, 2.45) is 0 Å². The van der Waals surface area contributed by atoms with Gasteiger partial charge in [-0.2, -0.15) is 0 Å². The summed E-state index contributed by atoms with van der Waals surface area (Å²) in [4.78, 5) is 12.2. The van der Waals surface area contributed by atoms with Crippen LogP contribution in [-0.2, 0) is 0 Å². The second-order valence-corrected chi connectivity index (χ2v) is 5.78. The molecule has 0 aliphatic rings. The van der Waals surface area contributed by atoms with Crippen molar-refractivity contribution in [1.29, 1.82) is 0 Å². The Morgan fingerprint density at radius 3 is 2.48 bits per heavy atom. The molecular formula is C19H17ClN2O. The van der Waals surface area contributed by atoms with Crippen LogP contribution in [0.25, 0.3) is 10.8 Å². The van der Waals surface area contributed by atoms with Gasteiger partial charge in [0, 0.05) is 0 Å². The van der Waals surface area contributed by atoms with Gasteiger partial charge in [0.1, 0.15) is 0 Å². The normalized spacial score (nSPS) is 11.9. The van der Waals surface area contributed by atoms with Crippen molar-refractivity contribution in [3.63, 3.8) is 0 Å². The van der Waals surface area contributed by atoms with Gasteiger partial charge in [0.05, 0.1) is 16.8 Å². The number of halogens is 1. The minimum atomic E-state index is -0.279. The summed E-state index contributed by atoms with van der Waals surface area (Å²) in [5.74, 6) is 0. The van der Waals surface area contributed by atoms with E-state index < -0.39 is 0 Å². The smallest absolute Gasteiger partial charge is 0.319 e. The fourth-order valence-corrected chi connectivity index (χ4v) is 2.81. The van der Waals surface area contributed by atoms with Crippen molar-refractivity contribution in [2.45, 2.75) is 13.0 Å². The highest BCUT2D eigenvalue weighted by molar-refractivity contribution is 6.33. The molecule has 0 aromatic heterocycles. The molecule has 0 bridgehead atoms. The van der Waals surface area contributed by atoms with Crippen LogP contribution in [0, 0.1) is 0 Å². The van der Waals surface area contributed by atoms with Crippen LogP contribution in [0.1, 0.15) is 18.5 Å². The van der Waals surface area contributed by atoms with Crippen molar-refractivity contribution in [3.05, 3.63) is 77.3 Å². The lowest BCUT2D eigenvalue weighted by atomic mass is 10.00. The summed E-state index contributed by atoms with van der Waals surface area (Å²) in [5.41, 5.74) is 1.68. The van der Waals surface area contributed by atoms with Gasteiger partial charge in [0.2, 0.25) is 0 Å². The maximum Gasteiger partial charge on any atom is 0.319 e. The van der Waals surface area contributed by atoms with Gasteiger partial charge in [-0.05, 0) is 35.4 Å². The summed E-state index contributed by atoms with van der Waals surface area (Å²) in [6.45, 7) is 1.97. The number of urea groups is 1. The first-order chi connectivity index (χ1) is 11.1. The summed E-state index contributed by atoms with van der Waals surface area (Å²) in [5, 5.41) is 8.54. The molecule has 3 aromatic rings. The molecule has 0 fully saturated rings. The summed E-state index contributed by atoms with van der Waals surface area (Å²) in [6.07, 6.45) is 0. The Labute approximate surface area is 140 Å². The Hall–Kier alpha value is -2.52. The summed E-state index contributed by atoms with van der Waals surface area (Å²) < 4.78 is 0. The maximum absolute atomic E-state index is 12.2. The van der Waals surface area contributed by atoms with Crippen LogP contribution in [-0.4, -0.2) is 6.03 Å². The molecule has 2 N–H and O–H groups in total. The largest absolute Gasteiger partial charge is 0.331 e. The Balaban J connectivity index is 1.77. The zero-order chi connectivity index (χ0) is 16.2. The van der Waals surface area contributed by atoms with Gasteiger partial charge in [0.15, 0.2) is 0 Å². The molecule has 0 aliphatic carbocycles. The number of para-hydroxylation sites is 1. The second-order valence-electron chi connectivity index (χ2n) is 5.37. The lowest BCUT2D eigenvalue weighted by molar-refractivity contribution is 0.249. The highest BCUT2D eigenvalue weighted by Crippen LogP contribution is 2.24. The molecule has 23 heavy (non-hydrogen) atoms. The van der Waals surface area contributed by atoms with E-state index in [-0.39, 0.29) is 12.1 Å². The number of anilines is 1. The predicted molar refractivity (Wildman–Crippen MR) is 96.0 cm³/mol. The molecule has 0 saturated carbocycles. The first-order valence-corrected chi connectivity index (χ1v) is 7.82. The molecular weight excluding hydrogens is 308 g/mol. The van der Waals surface area contributed by atoms with E-state index in [1.807, 2.05) is 43.3 Å². The number of hydrogen-bond donors (Lipinski definition) is 2. The number of hydrogen-bond acceptors (Lipinski definition) is 1. The molecule has 0 aliphatic heterocycles. The Morgan fingerprint density at radius 1 is 0.957 bits per heavy atom. The summed E-state index contributed by atoms with van der Waals surface area (Å²) >= 11 is 6.06. The number of fused-ring (bicyclic) bond motifs is 1. The summed E-state index contributed by atoms with van der Waals surface area (Å²) in [6, 6.07) is 21.0. The molecule has 4 heteroatoms. The molecule has 0 heterocycles. The Morgan fingerprint density at radius 2 is 1.65 bits per heavy atom. The minimum absolute atomic E-state index is 0.122. The molecule has 3 nitrogen and oxygen atoms in total. The molecule has 2 amide bonds. The number of rotatable bonds is 3. The fraction of sp³-hybridized carbons (Fsp3) is 0.105. The molecule has 3 rings (SSSR count). The Kier molecular flexibility index (Phi) is 4.49. The SMILES string of the molecule is C[C@H](NC(=O)Nc1ccccc1Cl)c1cccc2ccccc12. The van der Waals surface area contributed by atoms with Gasteiger partial charge in [-0.25, -0.2) is 4.79 Å². The highest BCUT2D eigenvalue weighted by Gasteiger charge is 2.12. The zero-order valence-corrected chi connectivity index (χ0v) is 13.5. The molecule has 0 saturated heterocycles. The minimum Gasteiger partial charge on any atom is -0.331 e. The van der Waals surface area contributed by atoms with Crippen molar-refractivity contribution >= 4 is 34.1 Å². The van der Waals surface area contributed by atoms with E-state index in [2.05, 4.69) is 28.8 Å². The van der Waals surface area contributed by atoms with Crippen LogP contribution in [0.15, 0.2) is 66.7 Å². The number of benzene rings is 3. The number of carbonyl (C=O) groups excluding carboxylic acids is 1. The fourth-order valence-electron chi connectivity index (χ4n) is 2.62. The van der Waals surface area contributed by atoms with Gasteiger partial charge in [0.25, 0.3) is 0 Å². The first-order valence-electron chi connectivity index (χ1n) is 7.45. The highest BCUT2D eigenvalue weighted by atomic mass is 35.5. The molecule has 0 radical (unpaired) electrons. The van der Waals surface area contributed by atoms with E-state index in [4.69, 9.17) is 11.6 Å². The zero-order valence-electron chi connectivity index (χ0n) is 12.7. The topological polar surface area (TPSA) is 41.1 Å². The monoisotopic (exact) mass is 324 g/mol. The molecule has 0 spiro atoms. The third-order valence-electron chi connectivity index (χ3n) is 3.76. The lowest BCUT2D eigenvalue weighted by Crippen LogP contribution is -2.31. The standard InChI is InChI=1S/C19H17ClN2O/c1-13(15-10-6-8-14-7-2-3-9-16(14)15)21-19(23)22-18-12-5-4-11-17(18)20/h2-13H,1H3,(H2,21,22,23)/t13-/m0/s1. The first kappa shape index (κ1) is 15.4. The van der Waals surface area contributed by atoms with Gasteiger partial charge in [-0.1, -0.05) is 66.2 Å². The lowest BCUT2D eigenvalue weighted by Gasteiger charge is -2.17. The van der Waals surface area contributed by atoms with Gasteiger partial charge >= 0.3 is 6.03 Å². The maximum atomic E-state index is 12.2. The number of amides is 2. The van der Waals surface area contributed by atoms with Crippen LogP contribution < -0.4 is 10.6 Å². The van der Waals surface area contributed by atoms with Crippen LogP contribution in [0.5, 0.6) is 0 Å². The van der Waals surface area contributed by atoms with Gasteiger partial charge in [-0.3, -0.25) is 0 Å². The average molecular weight is 325 g/mol. The molecule has 0 unspecified atom stereocenters. The van der Waals surface area contributed by atoms with E-state index in [9.17, 15) is 4.79 Å². The van der Waals surface area contributed by atoms with Crippen LogP contribution in [0.3, 0.4) is 0 Å². The molecule has 116 valence electrons. The van der Waals surface area contributed by atoms with Crippen molar-refractivity contribution in [1.82, 2.24) is 5.32 Å². The number of nitrogens with one attached hydrogen (secondary N) is 2. The number of carbonyl (C=O) groups is 1. The predicted octanol–water partition coefficient (Wildman–Crippen LogP) is 5.38. The quantitative estimate of drug-likeness (QED) is 0.667. The van der Waals surface area contributed by atoms with Crippen LogP contribution in [0.4, 0.5) is 10.5 Å². The van der Waals surface area contributed by atoms with E-state index in [0.717, 1.165) is 16.3 Å². The van der Waals surface area contributed by atoms with Crippen LogP contribution in [0.2, 0.25) is 5.02 Å². The van der Waals surface area contributed by atoms with E-state index in [1.165, 1.54) is 0 Å². The summed E-state index contributed by atoms with van der Waals surface area (Å²) in [7, 11) is 0. The van der Waals surface area contributed by atoms with Gasteiger partial charge < -0.3 is 10.6 Å². The Bertz CT molecular complexity index is 842. The van der Waals surface area contributed by atoms with Crippen molar-refractivity contribution < 1.29 is 4.79 Å². The average Bonchev–Trinajstić information content (AvgIpc) is 2.56. The van der Waals surface area contributed by atoms with Crippen molar-refractivity contribution in [2.75, 3.05) is 5.32 Å². The van der Waals surface area contributed by atoms with E-state index >= 15 is 0 Å². The third kappa shape index (κ3) is 3.46. The molecule has 3 aromatic carbocycles. The van der Waals surface area contributed by atoms with Gasteiger partial charge in [-0.15, -0.1) is 0 Å². The van der Waals surface area contributed by atoms with Crippen LogP contribution >= 0.6 is 11.6 Å².